The Hall–Kier alpha value is -1.89. The number of carbonyl (C=O) groups is 1. The van der Waals surface area contributed by atoms with E-state index >= 15 is 0 Å². The van der Waals surface area contributed by atoms with Crippen molar-refractivity contribution < 1.29 is 9.18 Å². The van der Waals surface area contributed by atoms with Gasteiger partial charge in [0.05, 0.1) is 10.9 Å². The summed E-state index contributed by atoms with van der Waals surface area (Å²) in [6.07, 6.45) is 1.47. The number of amides is 1. The molecule has 1 saturated heterocycles. The zero-order chi connectivity index (χ0) is 15.7. The summed E-state index contributed by atoms with van der Waals surface area (Å²) >= 11 is 1.40. The summed E-state index contributed by atoms with van der Waals surface area (Å²) < 4.78 is 15.8. The Morgan fingerprint density at radius 2 is 2.14 bits per heavy atom. The molecule has 1 unspecified atom stereocenters. The fourth-order valence-electron chi connectivity index (χ4n) is 2.56. The smallest absolute Gasteiger partial charge is 0.240 e. The first kappa shape index (κ1) is 15.0. The summed E-state index contributed by atoms with van der Waals surface area (Å²) in [6, 6.07) is 6.37. The van der Waals surface area contributed by atoms with Gasteiger partial charge in [-0.2, -0.15) is 0 Å². The van der Waals surface area contributed by atoms with Gasteiger partial charge in [0.15, 0.2) is 5.16 Å². The third-order valence-corrected chi connectivity index (χ3v) is 5.08. The van der Waals surface area contributed by atoms with Gasteiger partial charge in [0.1, 0.15) is 11.6 Å². The van der Waals surface area contributed by atoms with Gasteiger partial charge in [-0.1, -0.05) is 30.8 Å². The maximum absolute atomic E-state index is 13.9. The number of para-hydroxylation sites is 1. The lowest BCUT2D eigenvalue weighted by Crippen LogP contribution is -2.28. The van der Waals surface area contributed by atoms with E-state index in [4.69, 9.17) is 0 Å². The lowest BCUT2D eigenvalue weighted by Gasteiger charge is -2.17. The molecule has 1 amide bonds. The molecule has 1 aliphatic heterocycles. The van der Waals surface area contributed by atoms with Crippen LogP contribution >= 0.6 is 11.8 Å². The van der Waals surface area contributed by atoms with Crippen LogP contribution in [0.15, 0.2) is 29.4 Å². The van der Waals surface area contributed by atoms with Crippen LogP contribution < -0.4 is 4.90 Å². The van der Waals surface area contributed by atoms with Crippen LogP contribution in [0, 0.1) is 5.82 Å². The molecular weight excluding hydrogens is 303 g/mol. The number of halogens is 1. The van der Waals surface area contributed by atoms with Crippen LogP contribution in [0.4, 0.5) is 10.1 Å². The van der Waals surface area contributed by atoms with Crippen molar-refractivity contribution in [3.05, 3.63) is 35.9 Å². The fourth-order valence-corrected chi connectivity index (χ4v) is 3.61. The molecule has 116 valence electrons. The minimum Gasteiger partial charge on any atom is -0.309 e. The van der Waals surface area contributed by atoms with Crippen molar-refractivity contribution in [1.29, 1.82) is 0 Å². The Morgan fingerprint density at radius 1 is 1.36 bits per heavy atom. The molecule has 0 N–H and O–H groups in total. The van der Waals surface area contributed by atoms with Crippen LogP contribution in [0.5, 0.6) is 0 Å². The van der Waals surface area contributed by atoms with Crippen LogP contribution in [0.3, 0.4) is 0 Å². The monoisotopic (exact) mass is 320 g/mol. The Kier molecular flexibility index (Phi) is 4.15. The minimum absolute atomic E-state index is 0.0730. The van der Waals surface area contributed by atoms with Gasteiger partial charge >= 0.3 is 0 Å². The van der Waals surface area contributed by atoms with E-state index in [2.05, 4.69) is 10.2 Å². The Balaban J connectivity index is 1.76. The van der Waals surface area contributed by atoms with E-state index in [1.165, 1.54) is 22.7 Å². The number of hydrogen-bond acceptors (Lipinski definition) is 4. The topological polar surface area (TPSA) is 51.0 Å². The van der Waals surface area contributed by atoms with E-state index in [0.717, 1.165) is 17.4 Å². The minimum atomic E-state index is -0.367. The number of nitrogens with zero attached hydrogens (tertiary/aromatic N) is 4. The third-order valence-electron chi connectivity index (χ3n) is 3.79. The molecule has 1 atom stereocenters. The van der Waals surface area contributed by atoms with Crippen LogP contribution in [-0.2, 0) is 18.3 Å². The largest absolute Gasteiger partial charge is 0.309 e. The molecule has 0 bridgehead atoms. The van der Waals surface area contributed by atoms with Gasteiger partial charge in [0, 0.05) is 20.0 Å². The first-order chi connectivity index (χ1) is 10.6. The second kappa shape index (κ2) is 6.08. The van der Waals surface area contributed by atoms with Gasteiger partial charge < -0.3 is 9.47 Å². The average Bonchev–Trinajstić information content (AvgIpc) is 3.05. The highest BCUT2D eigenvalue weighted by Gasteiger charge is 2.35. The number of thioether (sulfide) groups is 1. The molecule has 22 heavy (non-hydrogen) atoms. The molecule has 1 aromatic heterocycles. The van der Waals surface area contributed by atoms with Gasteiger partial charge in [0.25, 0.3) is 0 Å². The molecule has 0 aliphatic carbocycles. The number of aromatic nitrogens is 3. The number of rotatable bonds is 4. The molecule has 1 aliphatic rings. The first-order valence-corrected chi connectivity index (χ1v) is 8.10. The van der Waals surface area contributed by atoms with Gasteiger partial charge in [-0.15, -0.1) is 10.2 Å². The highest BCUT2D eigenvalue weighted by molar-refractivity contribution is 8.00. The maximum atomic E-state index is 13.9. The second-order valence-electron chi connectivity index (χ2n) is 5.15. The van der Waals surface area contributed by atoms with Crippen molar-refractivity contribution in [3.8, 4) is 0 Å². The van der Waals surface area contributed by atoms with Gasteiger partial charge in [-0.25, -0.2) is 4.39 Å². The Morgan fingerprint density at radius 3 is 2.82 bits per heavy atom. The average molecular weight is 320 g/mol. The van der Waals surface area contributed by atoms with E-state index in [1.54, 1.807) is 18.2 Å². The summed E-state index contributed by atoms with van der Waals surface area (Å²) in [5.74, 6) is 0.448. The predicted octanol–water partition coefficient (Wildman–Crippen LogP) is 2.41. The van der Waals surface area contributed by atoms with Crippen molar-refractivity contribution in [1.82, 2.24) is 14.8 Å². The molecule has 3 rings (SSSR count). The van der Waals surface area contributed by atoms with E-state index in [0.29, 0.717) is 18.7 Å². The van der Waals surface area contributed by atoms with E-state index in [9.17, 15) is 9.18 Å². The molecule has 1 fully saturated rings. The van der Waals surface area contributed by atoms with Crippen LogP contribution in [-0.4, -0.2) is 32.5 Å². The first-order valence-electron chi connectivity index (χ1n) is 7.22. The van der Waals surface area contributed by atoms with Crippen molar-refractivity contribution in [2.24, 2.45) is 7.05 Å². The SMILES string of the molecule is CCc1nnc(SC2CCN(c3ccccc3F)C2=O)n1C. The van der Waals surface area contributed by atoms with Gasteiger partial charge in [0.2, 0.25) is 5.91 Å². The molecule has 5 nitrogen and oxygen atoms in total. The van der Waals surface area contributed by atoms with Crippen LogP contribution in [0.2, 0.25) is 0 Å². The molecule has 0 spiro atoms. The quantitative estimate of drug-likeness (QED) is 0.868. The zero-order valence-corrected chi connectivity index (χ0v) is 13.3. The summed E-state index contributed by atoms with van der Waals surface area (Å²) in [4.78, 5) is 14.0. The molecule has 1 aromatic carbocycles. The third kappa shape index (κ3) is 2.61. The fraction of sp³-hybridized carbons (Fsp3) is 0.400. The Labute approximate surface area is 132 Å². The summed E-state index contributed by atoms with van der Waals surface area (Å²) in [7, 11) is 1.90. The second-order valence-corrected chi connectivity index (χ2v) is 6.32. The highest BCUT2D eigenvalue weighted by atomic mass is 32.2. The van der Waals surface area contributed by atoms with E-state index in [-0.39, 0.29) is 17.0 Å². The molecule has 7 heteroatoms. The molecule has 0 saturated carbocycles. The number of hydrogen-bond donors (Lipinski definition) is 0. The summed E-state index contributed by atoms with van der Waals surface area (Å²) in [6.45, 7) is 2.54. The summed E-state index contributed by atoms with van der Waals surface area (Å²) in [5, 5.41) is 8.71. The number of aryl methyl sites for hydroxylation is 1. The molecule has 2 aromatic rings. The van der Waals surface area contributed by atoms with Crippen LogP contribution in [0.1, 0.15) is 19.2 Å². The standard InChI is InChI=1S/C15H17FN4OS/c1-3-13-17-18-15(19(13)2)22-12-8-9-20(14(12)21)11-7-5-4-6-10(11)16/h4-7,12H,3,8-9H2,1-2H3. The van der Waals surface area contributed by atoms with Gasteiger partial charge in [-0.3, -0.25) is 4.79 Å². The number of carbonyl (C=O) groups excluding carboxylic acids is 1. The normalized spacial score (nSPS) is 18.2. The Bertz CT molecular complexity index is 703. The summed E-state index contributed by atoms with van der Waals surface area (Å²) in [5.41, 5.74) is 0.350. The highest BCUT2D eigenvalue weighted by Crippen LogP contribution is 2.33. The lowest BCUT2D eigenvalue weighted by molar-refractivity contribution is -0.116. The number of benzene rings is 1. The number of anilines is 1. The van der Waals surface area contributed by atoms with E-state index in [1.807, 2.05) is 18.5 Å². The van der Waals surface area contributed by atoms with Crippen molar-refractivity contribution in [2.75, 3.05) is 11.4 Å². The predicted molar refractivity (Wildman–Crippen MR) is 83.4 cm³/mol. The lowest BCUT2D eigenvalue weighted by atomic mass is 10.3. The molecule has 0 radical (unpaired) electrons. The van der Waals surface area contributed by atoms with E-state index < -0.39 is 0 Å². The molecular formula is C15H17FN4OS. The molecule has 2 heterocycles. The zero-order valence-electron chi connectivity index (χ0n) is 12.5. The van der Waals surface area contributed by atoms with Crippen LogP contribution in [0.25, 0.3) is 0 Å². The maximum Gasteiger partial charge on any atom is 0.240 e. The van der Waals surface area contributed by atoms with Gasteiger partial charge in [-0.05, 0) is 18.6 Å². The van der Waals surface area contributed by atoms with Crippen molar-refractivity contribution in [2.45, 2.75) is 30.2 Å². The van der Waals surface area contributed by atoms with Crippen molar-refractivity contribution >= 4 is 23.4 Å². The van der Waals surface area contributed by atoms with Crippen molar-refractivity contribution in [3.63, 3.8) is 0 Å².